The molecule has 0 amide bonds. The Balaban J connectivity index is 2.32. The van der Waals surface area contributed by atoms with E-state index in [9.17, 15) is 18.0 Å². The van der Waals surface area contributed by atoms with Crippen LogP contribution in [0.1, 0.15) is 0 Å². The van der Waals surface area contributed by atoms with Crippen molar-refractivity contribution < 1.29 is 22.8 Å². The van der Waals surface area contributed by atoms with Crippen LogP contribution in [0, 0.1) is 0 Å². The number of benzene rings is 1. The maximum atomic E-state index is 11.9. The molecule has 1 aromatic carbocycles. The highest BCUT2D eigenvalue weighted by atomic mass is 19.4. The Labute approximate surface area is 87.2 Å². The van der Waals surface area contributed by atoms with Crippen LogP contribution in [0.2, 0.25) is 0 Å². The van der Waals surface area contributed by atoms with Crippen molar-refractivity contribution in [1.82, 2.24) is 9.94 Å². The Hall–Kier alpha value is -2.05. The minimum atomic E-state index is -5.03. The molecule has 0 spiro atoms. The van der Waals surface area contributed by atoms with E-state index in [0.717, 1.165) is 0 Å². The van der Waals surface area contributed by atoms with Crippen molar-refractivity contribution in [1.29, 1.82) is 0 Å². The summed E-state index contributed by atoms with van der Waals surface area (Å²) in [7, 11) is 0. The Kier molecular flexibility index (Phi) is 2.30. The van der Waals surface area contributed by atoms with Gasteiger partial charge in [-0.25, -0.2) is 4.79 Å². The van der Waals surface area contributed by atoms with Gasteiger partial charge >= 0.3 is 12.1 Å². The third-order valence-electron chi connectivity index (χ3n) is 1.85. The normalized spacial score (nSPS) is 11.7. The van der Waals surface area contributed by atoms with Crippen LogP contribution >= 0.6 is 0 Å². The molecule has 0 aliphatic rings. The smallest absolute Gasteiger partial charge is 0.309 e. The molecule has 0 aliphatic carbocycles. The highest BCUT2D eigenvalue weighted by Gasteiger charge is 2.42. The Bertz CT molecular complexity index is 533. The van der Waals surface area contributed by atoms with Crippen LogP contribution in [-0.2, 0) is 4.79 Å². The van der Waals surface area contributed by atoms with E-state index in [4.69, 9.17) is 0 Å². The molecule has 4 nitrogen and oxygen atoms in total. The number of nitrogens with zero attached hydrogens (tertiary/aromatic N) is 2. The minimum absolute atomic E-state index is 0.292. The van der Waals surface area contributed by atoms with Gasteiger partial charge in [-0.1, -0.05) is 23.0 Å². The Morgan fingerprint density at radius 3 is 2.69 bits per heavy atom. The van der Waals surface area contributed by atoms with Crippen molar-refractivity contribution in [3.63, 3.8) is 0 Å². The van der Waals surface area contributed by atoms with Crippen LogP contribution in [0.25, 0.3) is 10.9 Å². The molecule has 0 bridgehead atoms. The molecule has 0 saturated heterocycles. The van der Waals surface area contributed by atoms with Gasteiger partial charge in [0, 0.05) is 5.39 Å². The number of alkyl halides is 3. The summed E-state index contributed by atoms with van der Waals surface area (Å²) in [5.41, 5.74) is 0.292. The highest BCUT2D eigenvalue weighted by Crippen LogP contribution is 2.17. The lowest BCUT2D eigenvalue weighted by atomic mass is 10.3. The summed E-state index contributed by atoms with van der Waals surface area (Å²) in [6, 6.07) is 6.42. The first-order valence-corrected chi connectivity index (χ1v) is 4.21. The quantitative estimate of drug-likeness (QED) is 0.746. The molecule has 7 heteroatoms. The molecular formula is C9H5F3N2O2. The number of aromatic nitrogens is 2. The summed E-state index contributed by atoms with van der Waals surface area (Å²) in [4.78, 5) is 15.2. The van der Waals surface area contributed by atoms with Crippen LogP contribution in [0.5, 0.6) is 0 Å². The molecule has 0 aliphatic heterocycles. The number of para-hydroxylation sites is 1. The summed E-state index contributed by atoms with van der Waals surface area (Å²) >= 11 is 0. The summed E-state index contributed by atoms with van der Waals surface area (Å²) in [5.74, 6) is -2.30. The van der Waals surface area contributed by atoms with Crippen LogP contribution in [0.15, 0.2) is 30.5 Å². The Morgan fingerprint density at radius 2 is 2.00 bits per heavy atom. The Morgan fingerprint density at radius 1 is 1.31 bits per heavy atom. The molecule has 0 N–H and O–H groups in total. The number of fused-ring (bicyclic) bond motifs is 1. The largest absolute Gasteiger partial charge is 0.493 e. The molecule has 1 aromatic heterocycles. The standard InChI is InChI=1S/C9H5F3N2O2/c10-9(11,12)8(15)16-14-7-4-2-1-3-6(7)5-13-14/h1-5H. The maximum Gasteiger partial charge on any atom is 0.493 e. The topological polar surface area (TPSA) is 44.1 Å². The van der Waals surface area contributed by atoms with Gasteiger partial charge in [-0.05, 0) is 6.07 Å². The van der Waals surface area contributed by atoms with E-state index in [-0.39, 0.29) is 0 Å². The fraction of sp³-hybridized carbons (Fsp3) is 0.111. The van der Waals surface area contributed by atoms with E-state index < -0.39 is 12.1 Å². The van der Waals surface area contributed by atoms with Crippen LogP contribution in [0.3, 0.4) is 0 Å². The van der Waals surface area contributed by atoms with Gasteiger partial charge in [-0.3, -0.25) is 0 Å². The molecule has 1 heterocycles. The van der Waals surface area contributed by atoms with Crippen molar-refractivity contribution in [3.8, 4) is 0 Å². The van der Waals surface area contributed by atoms with Gasteiger partial charge in [-0.2, -0.15) is 13.2 Å². The lowest BCUT2D eigenvalue weighted by molar-refractivity contribution is -0.200. The minimum Gasteiger partial charge on any atom is -0.309 e. The lowest BCUT2D eigenvalue weighted by Gasteiger charge is -2.06. The number of hydrogen-bond donors (Lipinski definition) is 0. The third-order valence-corrected chi connectivity index (χ3v) is 1.85. The van der Waals surface area contributed by atoms with Gasteiger partial charge in [0.15, 0.2) is 0 Å². The number of rotatable bonds is 1. The van der Waals surface area contributed by atoms with Crippen molar-refractivity contribution in [2.45, 2.75) is 6.18 Å². The predicted molar refractivity (Wildman–Crippen MR) is 47.4 cm³/mol. The molecular weight excluding hydrogens is 225 g/mol. The first-order chi connectivity index (χ1) is 7.48. The fourth-order valence-corrected chi connectivity index (χ4v) is 1.15. The molecule has 0 atom stereocenters. The second-order valence-electron chi connectivity index (χ2n) is 2.95. The number of halogens is 3. The second kappa shape index (κ2) is 3.51. The van der Waals surface area contributed by atoms with E-state index in [1.807, 2.05) is 0 Å². The molecule has 0 fully saturated rings. The first-order valence-electron chi connectivity index (χ1n) is 4.21. The van der Waals surface area contributed by atoms with Crippen molar-refractivity contribution >= 4 is 16.9 Å². The van der Waals surface area contributed by atoms with E-state index in [2.05, 4.69) is 9.94 Å². The van der Waals surface area contributed by atoms with E-state index in [1.54, 1.807) is 18.2 Å². The van der Waals surface area contributed by atoms with E-state index in [0.29, 0.717) is 15.7 Å². The molecule has 2 rings (SSSR count). The monoisotopic (exact) mass is 230 g/mol. The number of hydrogen-bond acceptors (Lipinski definition) is 3. The fourth-order valence-electron chi connectivity index (χ4n) is 1.15. The van der Waals surface area contributed by atoms with Crippen molar-refractivity contribution in [3.05, 3.63) is 30.5 Å². The van der Waals surface area contributed by atoms with Gasteiger partial charge in [0.1, 0.15) is 5.52 Å². The van der Waals surface area contributed by atoms with Gasteiger partial charge in [0.2, 0.25) is 0 Å². The van der Waals surface area contributed by atoms with Gasteiger partial charge < -0.3 is 4.84 Å². The zero-order chi connectivity index (χ0) is 11.8. The SMILES string of the molecule is O=C(On1ncc2ccccc21)C(F)(F)F. The second-order valence-corrected chi connectivity index (χ2v) is 2.95. The third kappa shape index (κ3) is 1.83. The average Bonchev–Trinajstić information content (AvgIpc) is 2.61. The van der Waals surface area contributed by atoms with Gasteiger partial charge in [0.25, 0.3) is 0 Å². The predicted octanol–water partition coefficient (Wildman–Crippen LogP) is 1.55. The van der Waals surface area contributed by atoms with E-state index >= 15 is 0 Å². The van der Waals surface area contributed by atoms with Crippen molar-refractivity contribution in [2.75, 3.05) is 0 Å². The van der Waals surface area contributed by atoms with Crippen LogP contribution in [-0.4, -0.2) is 22.1 Å². The van der Waals surface area contributed by atoms with E-state index in [1.165, 1.54) is 12.3 Å². The molecule has 0 radical (unpaired) electrons. The molecule has 2 aromatic rings. The molecule has 84 valence electrons. The zero-order valence-electron chi connectivity index (χ0n) is 7.73. The maximum absolute atomic E-state index is 11.9. The molecule has 0 unspecified atom stereocenters. The first kappa shape index (κ1) is 10.5. The summed E-state index contributed by atoms with van der Waals surface area (Å²) < 4.78 is 35.8. The van der Waals surface area contributed by atoms with Gasteiger partial charge in [0.05, 0.1) is 6.20 Å². The molecule has 0 saturated carbocycles. The van der Waals surface area contributed by atoms with Crippen LogP contribution < -0.4 is 4.84 Å². The highest BCUT2D eigenvalue weighted by molar-refractivity contribution is 5.80. The van der Waals surface area contributed by atoms with Crippen LogP contribution in [0.4, 0.5) is 13.2 Å². The zero-order valence-corrected chi connectivity index (χ0v) is 7.73. The summed E-state index contributed by atoms with van der Waals surface area (Å²) in [6.07, 6.45) is -3.73. The average molecular weight is 230 g/mol. The number of carbonyl (C=O) groups excluding carboxylic acids is 1. The summed E-state index contributed by atoms with van der Waals surface area (Å²) in [6.45, 7) is 0. The van der Waals surface area contributed by atoms with Crippen molar-refractivity contribution in [2.24, 2.45) is 0 Å². The number of carbonyl (C=O) groups is 1. The lowest BCUT2D eigenvalue weighted by Crippen LogP contribution is -2.33. The molecule has 16 heavy (non-hydrogen) atoms. The van der Waals surface area contributed by atoms with Gasteiger partial charge in [-0.15, -0.1) is 5.10 Å². The summed E-state index contributed by atoms with van der Waals surface area (Å²) in [5, 5.41) is 4.10.